The van der Waals surface area contributed by atoms with E-state index in [0.29, 0.717) is 5.15 Å². The van der Waals surface area contributed by atoms with Crippen LogP contribution < -0.4 is 5.32 Å². The van der Waals surface area contributed by atoms with Gasteiger partial charge in [-0.1, -0.05) is 11.6 Å². The van der Waals surface area contributed by atoms with Gasteiger partial charge in [-0.15, -0.1) is 0 Å². The van der Waals surface area contributed by atoms with Crippen molar-refractivity contribution in [2.45, 2.75) is 26.8 Å². The van der Waals surface area contributed by atoms with Crippen LogP contribution in [0.2, 0.25) is 5.15 Å². The van der Waals surface area contributed by atoms with Gasteiger partial charge >= 0.3 is 0 Å². The van der Waals surface area contributed by atoms with Crippen LogP contribution in [0.3, 0.4) is 0 Å². The Kier molecular flexibility index (Phi) is 3.97. The second kappa shape index (κ2) is 5.33. The topological polar surface area (TPSA) is 38.1 Å². The number of nitrogens with zero attached hydrogens (tertiary/aromatic N) is 1. The molecule has 0 aromatic carbocycles. The molecule has 0 saturated heterocycles. The van der Waals surface area contributed by atoms with Crippen molar-refractivity contribution in [1.29, 1.82) is 0 Å². The summed E-state index contributed by atoms with van der Waals surface area (Å²) in [6.45, 7) is 5.96. The lowest BCUT2D eigenvalue weighted by Crippen LogP contribution is -2.07. The monoisotopic (exact) mass is 328 g/mol. The smallest absolute Gasteiger partial charge is 0.152 e. The van der Waals surface area contributed by atoms with E-state index in [0.717, 1.165) is 27.2 Å². The number of anilines is 1. The van der Waals surface area contributed by atoms with Crippen LogP contribution in [0, 0.1) is 13.8 Å². The molecular formula is C13H14BrClN2O. The molecule has 0 fully saturated rings. The highest BCUT2D eigenvalue weighted by atomic mass is 79.9. The van der Waals surface area contributed by atoms with E-state index in [1.165, 1.54) is 0 Å². The minimum Gasteiger partial charge on any atom is -0.466 e. The van der Waals surface area contributed by atoms with Crippen LogP contribution in [-0.4, -0.2) is 4.98 Å². The third-order valence-electron chi connectivity index (χ3n) is 2.72. The Labute approximate surface area is 120 Å². The maximum absolute atomic E-state index is 6.05. The van der Waals surface area contributed by atoms with Crippen LogP contribution in [0.1, 0.15) is 30.0 Å². The summed E-state index contributed by atoms with van der Waals surface area (Å²) in [5.41, 5.74) is 1.93. The van der Waals surface area contributed by atoms with Crippen molar-refractivity contribution in [2.24, 2.45) is 0 Å². The molecule has 18 heavy (non-hydrogen) atoms. The Hall–Kier alpha value is -1.00. The maximum Gasteiger partial charge on any atom is 0.152 e. The summed E-state index contributed by atoms with van der Waals surface area (Å²) >= 11 is 9.44. The molecule has 0 aliphatic rings. The van der Waals surface area contributed by atoms with E-state index in [1.807, 2.05) is 26.0 Å². The first-order chi connectivity index (χ1) is 8.47. The van der Waals surface area contributed by atoms with Crippen LogP contribution in [0.4, 0.5) is 5.69 Å². The summed E-state index contributed by atoms with van der Waals surface area (Å²) in [6, 6.07) is 4.05. The maximum atomic E-state index is 6.05. The first-order valence-corrected chi connectivity index (χ1v) is 6.79. The standard InChI is InChI=1S/C13H14BrClN2O/c1-7-4-11(9(3)18-7)8(2)17-12-5-10(14)6-16-13(12)15/h4-6,8,17H,1-3H3. The van der Waals surface area contributed by atoms with Crippen molar-refractivity contribution in [3.8, 4) is 0 Å². The number of aromatic nitrogens is 1. The van der Waals surface area contributed by atoms with E-state index in [2.05, 4.69) is 33.2 Å². The second-order valence-corrected chi connectivity index (χ2v) is 5.50. The van der Waals surface area contributed by atoms with Crippen molar-refractivity contribution >= 4 is 33.2 Å². The number of halogens is 2. The predicted molar refractivity (Wildman–Crippen MR) is 77.2 cm³/mol. The van der Waals surface area contributed by atoms with Gasteiger partial charge in [0.25, 0.3) is 0 Å². The lowest BCUT2D eigenvalue weighted by atomic mass is 10.1. The van der Waals surface area contributed by atoms with Crippen LogP contribution in [0.5, 0.6) is 0 Å². The summed E-state index contributed by atoms with van der Waals surface area (Å²) < 4.78 is 6.42. The van der Waals surface area contributed by atoms with E-state index in [4.69, 9.17) is 16.0 Å². The Balaban J connectivity index is 2.23. The lowest BCUT2D eigenvalue weighted by Gasteiger charge is -2.15. The Morgan fingerprint density at radius 2 is 2.11 bits per heavy atom. The van der Waals surface area contributed by atoms with Crippen molar-refractivity contribution in [1.82, 2.24) is 4.98 Å². The first-order valence-electron chi connectivity index (χ1n) is 5.62. The Morgan fingerprint density at radius 3 is 2.72 bits per heavy atom. The van der Waals surface area contributed by atoms with Crippen LogP contribution in [0.15, 0.2) is 27.2 Å². The number of furan rings is 1. The molecule has 0 amide bonds. The normalized spacial score (nSPS) is 12.5. The number of nitrogens with one attached hydrogen (secondary N) is 1. The molecule has 1 atom stereocenters. The van der Waals surface area contributed by atoms with Gasteiger partial charge in [-0.2, -0.15) is 0 Å². The van der Waals surface area contributed by atoms with Crippen LogP contribution in [0.25, 0.3) is 0 Å². The number of hydrogen-bond donors (Lipinski definition) is 1. The van der Waals surface area contributed by atoms with Crippen molar-refractivity contribution in [2.75, 3.05) is 5.32 Å². The predicted octanol–water partition coefficient (Wildman–Crippen LogP) is 4.88. The van der Waals surface area contributed by atoms with Gasteiger partial charge in [0.05, 0.1) is 11.7 Å². The number of pyridine rings is 1. The minimum absolute atomic E-state index is 0.107. The fourth-order valence-corrected chi connectivity index (χ4v) is 2.40. The van der Waals surface area contributed by atoms with Gasteiger partial charge in [-0.05, 0) is 48.8 Å². The van der Waals surface area contributed by atoms with Crippen molar-refractivity contribution in [3.63, 3.8) is 0 Å². The average molecular weight is 330 g/mol. The summed E-state index contributed by atoms with van der Waals surface area (Å²) in [6.07, 6.45) is 1.67. The number of aryl methyl sites for hydroxylation is 2. The summed E-state index contributed by atoms with van der Waals surface area (Å²) in [5, 5.41) is 3.80. The molecule has 0 aliphatic heterocycles. The second-order valence-electron chi connectivity index (χ2n) is 4.23. The zero-order valence-electron chi connectivity index (χ0n) is 10.4. The van der Waals surface area contributed by atoms with Crippen molar-refractivity contribution in [3.05, 3.63) is 45.0 Å². The van der Waals surface area contributed by atoms with Gasteiger partial charge in [-0.25, -0.2) is 4.98 Å². The SMILES string of the molecule is Cc1cc(C(C)Nc2cc(Br)cnc2Cl)c(C)o1. The van der Waals surface area contributed by atoms with Crippen molar-refractivity contribution < 1.29 is 4.42 Å². The molecule has 2 aromatic heterocycles. The summed E-state index contributed by atoms with van der Waals surface area (Å²) in [7, 11) is 0. The molecule has 1 N–H and O–H groups in total. The van der Waals surface area contributed by atoms with Gasteiger partial charge in [0.2, 0.25) is 0 Å². The Bertz CT molecular complexity index is 568. The largest absolute Gasteiger partial charge is 0.466 e. The van der Waals surface area contributed by atoms with Crippen LogP contribution >= 0.6 is 27.5 Å². The molecular weight excluding hydrogens is 316 g/mol. The molecule has 0 saturated carbocycles. The van der Waals surface area contributed by atoms with Gasteiger partial charge < -0.3 is 9.73 Å². The van der Waals surface area contributed by atoms with Gasteiger partial charge in [0.15, 0.2) is 5.15 Å². The summed E-state index contributed by atoms with van der Waals surface area (Å²) in [5.74, 6) is 1.83. The first kappa shape index (κ1) is 13.4. The lowest BCUT2D eigenvalue weighted by molar-refractivity contribution is 0.500. The van der Waals surface area contributed by atoms with Gasteiger partial charge in [0.1, 0.15) is 11.5 Å². The zero-order valence-corrected chi connectivity index (χ0v) is 12.8. The summed E-state index contributed by atoms with van der Waals surface area (Å²) in [4.78, 5) is 4.09. The fraction of sp³-hybridized carbons (Fsp3) is 0.308. The van der Waals surface area contributed by atoms with E-state index in [1.54, 1.807) is 6.20 Å². The minimum atomic E-state index is 0.107. The van der Waals surface area contributed by atoms with Gasteiger partial charge in [0, 0.05) is 16.2 Å². The molecule has 1 unspecified atom stereocenters. The molecule has 96 valence electrons. The average Bonchev–Trinajstić information content (AvgIpc) is 2.63. The fourth-order valence-electron chi connectivity index (χ4n) is 1.92. The molecule has 0 aliphatic carbocycles. The van der Waals surface area contributed by atoms with E-state index >= 15 is 0 Å². The molecule has 2 heterocycles. The highest BCUT2D eigenvalue weighted by Gasteiger charge is 2.14. The molecule has 0 radical (unpaired) electrons. The number of rotatable bonds is 3. The van der Waals surface area contributed by atoms with E-state index in [9.17, 15) is 0 Å². The third kappa shape index (κ3) is 2.87. The zero-order chi connectivity index (χ0) is 13.3. The third-order valence-corrected chi connectivity index (χ3v) is 3.46. The van der Waals surface area contributed by atoms with Crippen LogP contribution in [-0.2, 0) is 0 Å². The highest BCUT2D eigenvalue weighted by Crippen LogP contribution is 2.29. The van der Waals surface area contributed by atoms with Gasteiger partial charge in [-0.3, -0.25) is 0 Å². The van der Waals surface area contributed by atoms with E-state index < -0.39 is 0 Å². The molecule has 5 heteroatoms. The molecule has 2 rings (SSSR count). The highest BCUT2D eigenvalue weighted by molar-refractivity contribution is 9.10. The quantitative estimate of drug-likeness (QED) is 0.816. The molecule has 0 spiro atoms. The van der Waals surface area contributed by atoms with E-state index in [-0.39, 0.29) is 6.04 Å². The molecule has 3 nitrogen and oxygen atoms in total. The molecule has 2 aromatic rings. The molecule has 0 bridgehead atoms. The Morgan fingerprint density at radius 1 is 1.39 bits per heavy atom. The number of hydrogen-bond acceptors (Lipinski definition) is 3.